The molecule has 0 N–H and O–H groups in total. The maximum Gasteiger partial charge on any atom is 0.325 e. The van der Waals surface area contributed by atoms with Crippen LogP contribution in [0.1, 0.15) is 38.2 Å². The molecule has 3 amide bonds. The first kappa shape index (κ1) is 22.7. The third-order valence-electron chi connectivity index (χ3n) is 6.36. The van der Waals surface area contributed by atoms with E-state index >= 15 is 0 Å². The standard InChI is InChI=1S/C26H28N2O5/c1-3-33-24(31)17-27(2)22(29)15-26(16-23(30)28(25(26)32)21-13-14-21)20-11-9-19(10-12-20)18-7-5-4-6-8-18/h4-12,21H,3,13-17H2,1-2H3/t26-/m1/s1. The zero-order chi connectivity index (χ0) is 23.6. The number of amides is 3. The van der Waals surface area contributed by atoms with Crippen molar-refractivity contribution in [2.45, 2.75) is 44.1 Å². The number of hydrogen-bond donors (Lipinski definition) is 0. The largest absolute Gasteiger partial charge is 0.465 e. The van der Waals surface area contributed by atoms with E-state index in [4.69, 9.17) is 4.74 Å². The molecule has 1 saturated carbocycles. The molecule has 1 aliphatic heterocycles. The van der Waals surface area contributed by atoms with Crippen LogP contribution < -0.4 is 0 Å². The maximum absolute atomic E-state index is 13.6. The topological polar surface area (TPSA) is 84.0 Å². The van der Waals surface area contributed by atoms with Crippen LogP contribution >= 0.6 is 0 Å². The van der Waals surface area contributed by atoms with Crippen LogP contribution in [0, 0.1) is 0 Å². The number of likely N-dealkylation sites (N-methyl/N-ethyl adjacent to an activating group) is 1. The van der Waals surface area contributed by atoms with Crippen molar-refractivity contribution in [2.24, 2.45) is 0 Å². The van der Waals surface area contributed by atoms with Crippen LogP contribution in [0.25, 0.3) is 11.1 Å². The quantitative estimate of drug-likeness (QED) is 0.458. The van der Waals surface area contributed by atoms with Crippen molar-refractivity contribution in [1.82, 2.24) is 9.80 Å². The van der Waals surface area contributed by atoms with Gasteiger partial charge in [-0.05, 0) is 36.5 Å². The molecular weight excluding hydrogens is 420 g/mol. The summed E-state index contributed by atoms with van der Waals surface area (Å²) >= 11 is 0. The van der Waals surface area contributed by atoms with Crippen molar-refractivity contribution in [3.05, 3.63) is 60.2 Å². The Hall–Kier alpha value is -3.48. The smallest absolute Gasteiger partial charge is 0.325 e. The van der Waals surface area contributed by atoms with Gasteiger partial charge in [-0.3, -0.25) is 24.1 Å². The van der Waals surface area contributed by atoms with E-state index < -0.39 is 11.4 Å². The van der Waals surface area contributed by atoms with Gasteiger partial charge in [-0.1, -0.05) is 54.6 Å². The van der Waals surface area contributed by atoms with Crippen LogP contribution in [-0.2, 0) is 29.3 Å². The Labute approximate surface area is 193 Å². The lowest BCUT2D eigenvalue weighted by atomic mass is 9.75. The summed E-state index contributed by atoms with van der Waals surface area (Å²) in [5, 5.41) is 0. The first-order valence-corrected chi connectivity index (χ1v) is 11.3. The van der Waals surface area contributed by atoms with Crippen molar-refractivity contribution in [3.63, 3.8) is 0 Å². The molecule has 2 fully saturated rings. The van der Waals surface area contributed by atoms with Gasteiger partial charge in [0.25, 0.3) is 0 Å². The summed E-state index contributed by atoms with van der Waals surface area (Å²) in [5.74, 6) is -1.45. The van der Waals surface area contributed by atoms with Gasteiger partial charge in [0.05, 0.1) is 12.0 Å². The molecule has 33 heavy (non-hydrogen) atoms. The van der Waals surface area contributed by atoms with Crippen LogP contribution in [0.4, 0.5) is 0 Å². The van der Waals surface area contributed by atoms with E-state index in [9.17, 15) is 19.2 Å². The zero-order valence-corrected chi connectivity index (χ0v) is 19.0. The number of benzene rings is 2. The van der Waals surface area contributed by atoms with Gasteiger partial charge in [-0.2, -0.15) is 0 Å². The maximum atomic E-state index is 13.6. The summed E-state index contributed by atoms with van der Waals surface area (Å²) < 4.78 is 4.93. The summed E-state index contributed by atoms with van der Waals surface area (Å²) in [6, 6.07) is 17.3. The fourth-order valence-electron chi connectivity index (χ4n) is 4.42. The highest BCUT2D eigenvalue weighted by Crippen LogP contribution is 2.44. The van der Waals surface area contributed by atoms with Gasteiger partial charge in [0.1, 0.15) is 6.54 Å². The highest BCUT2D eigenvalue weighted by Gasteiger charge is 2.57. The van der Waals surface area contributed by atoms with Gasteiger partial charge in [0.2, 0.25) is 17.7 Å². The third kappa shape index (κ3) is 4.53. The SMILES string of the molecule is CCOC(=O)CN(C)C(=O)C[C@]1(c2ccc(-c3ccccc3)cc2)CC(=O)N(C2CC2)C1=O. The third-order valence-corrected chi connectivity index (χ3v) is 6.36. The molecule has 172 valence electrons. The average Bonchev–Trinajstić information content (AvgIpc) is 3.60. The predicted octanol–water partition coefficient (Wildman–Crippen LogP) is 2.92. The summed E-state index contributed by atoms with van der Waals surface area (Å²) in [4.78, 5) is 54.0. The number of ether oxygens (including phenoxy) is 1. The Morgan fingerprint density at radius 3 is 2.27 bits per heavy atom. The van der Waals surface area contributed by atoms with E-state index in [2.05, 4.69) is 0 Å². The first-order valence-electron chi connectivity index (χ1n) is 11.3. The highest BCUT2D eigenvalue weighted by molar-refractivity contribution is 6.11. The van der Waals surface area contributed by atoms with Crippen LogP contribution in [0.2, 0.25) is 0 Å². The summed E-state index contributed by atoms with van der Waals surface area (Å²) in [6.45, 7) is 1.72. The van der Waals surface area contributed by atoms with E-state index in [1.807, 2.05) is 54.6 Å². The minimum atomic E-state index is -1.27. The molecule has 0 unspecified atom stereocenters. The van der Waals surface area contributed by atoms with Gasteiger partial charge in [-0.25, -0.2) is 0 Å². The molecule has 1 atom stereocenters. The number of imide groups is 1. The lowest BCUT2D eigenvalue weighted by Gasteiger charge is -2.29. The van der Waals surface area contributed by atoms with Gasteiger partial charge >= 0.3 is 5.97 Å². The van der Waals surface area contributed by atoms with Crippen molar-refractivity contribution in [1.29, 1.82) is 0 Å². The van der Waals surface area contributed by atoms with Crippen molar-refractivity contribution >= 4 is 23.7 Å². The van der Waals surface area contributed by atoms with Gasteiger partial charge < -0.3 is 9.64 Å². The van der Waals surface area contributed by atoms with E-state index in [1.54, 1.807) is 6.92 Å². The molecule has 2 aromatic rings. The molecule has 1 heterocycles. The lowest BCUT2D eigenvalue weighted by Crippen LogP contribution is -2.44. The van der Waals surface area contributed by atoms with Crippen molar-refractivity contribution in [3.8, 4) is 11.1 Å². The molecule has 0 spiro atoms. The number of nitrogens with zero attached hydrogens (tertiary/aromatic N) is 2. The van der Waals surface area contributed by atoms with E-state index in [0.29, 0.717) is 5.56 Å². The van der Waals surface area contributed by atoms with Gasteiger partial charge in [0, 0.05) is 25.9 Å². The summed E-state index contributed by atoms with van der Waals surface area (Å²) in [7, 11) is 1.51. The predicted molar refractivity (Wildman–Crippen MR) is 122 cm³/mol. The van der Waals surface area contributed by atoms with Crippen LogP contribution in [-0.4, -0.2) is 59.7 Å². The fraction of sp³-hybridized carbons (Fsp3) is 0.385. The fourth-order valence-corrected chi connectivity index (χ4v) is 4.42. The Balaban J connectivity index is 1.64. The average molecular weight is 449 g/mol. The summed E-state index contributed by atoms with van der Waals surface area (Å²) in [5.41, 5.74) is 1.39. The van der Waals surface area contributed by atoms with Crippen LogP contribution in [0.3, 0.4) is 0 Å². The molecule has 0 radical (unpaired) electrons. The minimum absolute atomic E-state index is 0.0496. The second-order valence-corrected chi connectivity index (χ2v) is 8.73. The molecule has 0 bridgehead atoms. The zero-order valence-electron chi connectivity index (χ0n) is 19.0. The number of carbonyl (C=O) groups excluding carboxylic acids is 4. The lowest BCUT2D eigenvalue weighted by molar-refractivity contribution is -0.149. The molecule has 7 nitrogen and oxygen atoms in total. The highest BCUT2D eigenvalue weighted by atomic mass is 16.5. The van der Waals surface area contributed by atoms with Crippen molar-refractivity contribution in [2.75, 3.05) is 20.2 Å². The first-order chi connectivity index (χ1) is 15.9. The van der Waals surface area contributed by atoms with Crippen LogP contribution in [0.5, 0.6) is 0 Å². The van der Waals surface area contributed by atoms with E-state index in [-0.39, 0.29) is 49.8 Å². The molecule has 2 aromatic carbocycles. The van der Waals surface area contributed by atoms with Gasteiger partial charge in [-0.15, -0.1) is 0 Å². The second-order valence-electron chi connectivity index (χ2n) is 8.73. The van der Waals surface area contributed by atoms with E-state index in [1.165, 1.54) is 16.8 Å². The number of carbonyl (C=O) groups is 4. The van der Waals surface area contributed by atoms with Crippen LogP contribution in [0.15, 0.2) is 54.6 Å². The minimum Gasteiger partial charge on any atom is -0.465 e. The summed E-state index contributed by atoms with van der Waals surface area (Å²) in [6.07, 6.45) is 1.38. The molecule has 0 aromatic heterocycles. The second kappa shape index (κ2) is 9.17. The molecule has 1 saturated heterocycles. The Bertz CT molecular complexity index is 1060. The Morgan fingerprint density at radius 1 is 1.03 bits per heavy atom. The molecule has 7 heteroatoms. The van der Waals surface area contributed by atoms with Crippen molar-refractivity contribution < 1.29 is 23.9 Å². The number of hydrogen-bond acceptors (Lipinski definition) is 5. The number of rotatable bonds is 8. The molecule has 1 aliphatic carbocycles. The van der Waals surface area contributed by atoms with Gasteiger partial charge in [0.15, 0.2) is 0 Å². The molecule has 4 rings (SSSR count). The number of likely N-dealkylation sites (tertiary alicyclic amines) is 1. The molecular formula is C26H28N2O5. The Kier molecular flexibility index (Phi) is 6.31. The Morgan fingerprint density at radius 2 is 1.67 bits per heavy atom. The molecule has 2 aliphatic rings. The monoisotopic (exact) mass is 448 g/mol. The normalized spacial score (nSPS) is 20.1. The van der Waals surface area contributed by atoms with E-state index in [0.717, 1.165) is 24.0 Å². The number of esters is 1.